The summed E-state index contributed by atoms with van der Waals surface area (Å²) in [7, 11) is 0. The van der Waals surface area contributed by atoms with E-state index in [1.807, 2.05) is 31.2 Å². The summed E-state index contributed by atoms with van der Waals surface area (Å²) in [6.45, 7) is 2.04. The Bertz CT molecular complexity index is 902. The molecule has 0 aliphatic carbocycles. The van der Waals surface area contributed by atoms with Crippen molar-refractivity contribution in [1.82, 2.24) is 0 Å². The summed E-state index contributed by atoms with van der Waals surface area (Å²) < 4.78 is 10.4. The average molecular weight is 364 g/mol. The van der Waals surface area contributed by atoms with Crippen LogP contribution in [0, 0.1) is 6.92 Å². The van der Waals surface area contributed by atoms with E-state index in [0.29, 0.717) is 23.5 Å². The number of para-hydroxylation sites is 1. The highest BCUT2D eigenvalue weighted by atomic mass is 16.5. The van der Waals surface area contributed by atoms with E-state index < -0.39 is 11.9 Å². The number of carbonyl (C=O) groups excluding carboxylic acids is 2. The van der Waals surface area contributed by atoms with Gasteiger partial charge in [0.1, 0.15) is 5.76 Å². The van der Waals surface area contributed by atoms with Crippen molar-refractivity contribution in [2.24, 2.45) is 0 Å². The van der Waals surface area contributed by atoms with E-state index in [-0.39, 0.29) is 6.61 Å². The van der Waals surface area contributed by atoms with Gasteiger partial charge >= 0.3 is 5.97 Å². The summed E-state index contributed by atoms with van der Waals surface area (Å²) in [6, 6.07) is 18.0. The summed E-state index contributed by atoms with van der Waals surface area (Å²) in [5, 5.41) is 5.82. The van der Waals surface area contributed by atoms with Gasteiger partial charge in [0, 0.05) is 11.4 Å². The van der Waals surface area contributed by atoms with E-state index in [4.69, 9.17) is 9.15 Å². The normalized spacial score (nSPS) is 10.3. The van der Waals surface area contributed by atoms with Gasteiger partial charge in [-0.05, 0) is 43.3 Å². The lowest BCUT2D eigenvalue weighted by atomic mass is 10.2. The van der Waals surface area contributed by atoms with Gasteiger partial charge in [-0.25, -0.2) is 4.79 Å². The van der Waals surface area contributed by atoms with Crippen molar-refractivity contribution < 1.29 is 18.7 Å². The first-order valence-electron chi connectivity index (χ1n) is 8.51. The van der Waals surface area contributed by atoms with Gasteiger partial charge in [0.2, 0.25) is 0 Å². The van der Waals surface area contributed by atoms with Gasteiger partial charge in [-0.2, -0.15) is 0 Å². The second kappa shape index (κ2) is 8.71. The molecular weight excluding hydrogens is 344 g/mol. The molecule has 0 aliphatic heterocycles. The zero-order valence-electron chi connectivity index (χ0n) is 14.9. The number of anilines is 2. The van der Waals surface area contributed by atoms with Gasteiger partial charge in [-0.3, -0.25) is 4.79 Å². The lowest BCUT2D eigenvalue weighted by molar-refractivity contribution is -0.119. The van der Waals surface area contributed by atoms with Crippen LogP contribution in [0.4, 0.5) is 11.4 Å². The van der Waals surface area contributed by atoms with Crippen molar-refractivity contribution in [3.63, 3.8) is 0 Å². The van der Waals surface area contributed by atoms with Crippen LogP contribution in [0.5, 0.6) is 0 Å². The van der Waals surface area contributed by atoms with Crippen molar-refractivity contribution in [1.29, 1.82) is 0 Å². The largest absolute Gasteiger partial charge is 0.467 e. The number of aryl methyl sites for hydroxylation is 1. The highest BCUT2D eigenvalue weighted by molar-refractivity contribution is 5.98. The lowest BCUT2D eigenvalue weighted by Gasteiger charge is -2.11. The standard InChI is InChI=1S/C21H20N2O4/c1-15-8-10-16(11-9-15)23-20(24)14-27-21(25)18-6-2-3-7-19(18)22-13-17-5-4-12-26-17/h2-12,22H,13-14H2,1H3,(H,23,24). The van der Waals surface area contributed by atoms with Gasteiger partial charge < -0.3 is 19.8 Å². The maximum Gasteiger partial charge on any atom is 0.340 e. The fourth-order valence-corrected chi connectivity index (χ4v) is 2.45. The molecule has 1 amide bonds. The molecule has 3 rings (SSSR count). The second-order valence-electron chi connectivity index (χ2n) is 5.97. The third kappa shape index (κ3) is 5.22. The topological polar surface area (TPSA) is 80.6 Å². The van der Waals surface area contributed by atoms with Crippen molar-refractivity contribution >= 4 is 23.3 Å². The highest BCUT2D eigenvalue weighted by Gasteiger charge is 2.14. The molecule has 0 bridgehead atoms. The molecule has 27 heavy (non-hydrogen) atoms. The summed E-state index contributed by atoms with van der Waals surface area (Å²) in [5.41, 5.74) is 2.71. The van der Waals surface area contributed by atoms with E-state index in [1.165, 1.54) is 0 Å². The number of nitrogens with one attached hydrogen (secondary N) is 2. The first-order chi connectivity index (χ1) is 13.1. The molecule has 2 aromatic carbocycles. The van der Waals surface area contributed by atoms with Crippen LogP contribution in [0.2, 0.25) is 0 Å². The number of benzene rings is 2. The van der Waals surface area contributed by atoms with Crippen molar-refractivity contribution in [3.05, 3.63) is 83.8 Å². The molecule has 6 heteroatoms. The Labute approximate surface area is 157 Å². The monoisotopic (exact) mass is 364 g/mol. The number of hydrogen-bond acceptors (Lipinski definition) is 5. The number of esters is 1. The predicted octanol–water partition coefficient (Wildman–Crippen LogP) is 4.00. The zero-order chi connectivity index (χ0) is 19.1. The van der Waals surface area contributed by atoms with Crippen LogP contribution < -0.4 is 10.6 Å². The van der Waals surface area contributed by atoms with Crippen LogP contribution in [0.15, 0.2) is 71.3 Å². The van der Waals surface area contributed by atoms with Crippen LogP contribution in [0.25, 0.3) is 0 Å². The van der Waals surface area contributed by atoms with Crippen molar-refractivity contribution in [3.8, 4) is 0 Å². The third-order valence-corrected chi connectivity index (χ3v) is 3.85. The molecule has 0 aliphatic rings. The number of ether oxygens (including phenoxy) is 1. The van der Waals surface area contributed by atoms with Gasteiger partial charge in [0.15, 0.2) is 6.61 Å². The average Bonchev–Trinajstić information content (AvgIpc) is 3.20. The van der Waals surface area contributed by atoms with E-state index in [1.54, 1.807) is 42.7 Å². The molecule has 3 aromatic rings. The number of carbonyl (C=O) groups is 2. The minimum absolute atomic E-state index is 0.354. The van der Waals surface area contributed by atoms with Crippen molar-refractivity contribution in [2.75, 3.05) is 17.2 Å². The van der Waals surface area contributed by atoms with Gasteiger partial charge in [-0.15, -0.1) is 0 Å². The van der Waals surface area contributed by atoms with Crippen molar-refractivity contribution in [2.45, 2.75) is 13.5 Å². The Kier molecular flexibility index (Phi) is 5.89. The van der Waals surface area contributed by atoms with Gasteiger partial charge in [0.05, 0.1) is 18.4 Å². The lowest BCUT2D eigenvalue weighted by Crippen LogP contribution is -2.21. The Balaban J connectivity index is 1.55. The first kappa shape index (κ1) is 18.3. The van der Waals surface area contributed by atoms with E-state index in [9.17, 15) is 9.59 Å². The molecule has 0 saturated heterocycles. The number of hydrogen-bond donors (Lipinski definition) is 2. The summed E-state index contributed by atoms with van der Waals surface area (Å²) in [4.78, 5) is 24.3. The van der Waals surface area contributed by atoms with Crippen LogP contribution >= 0.6 is 0 Å². The molecule has 2 N–H and O–H groups in total. The zero-order valence-corrected chi connectivity index (χ0v) is 14.9. The SMILES string of the molecule is Cc1ccc(NC(=O)COC(=O)c2ccccc2NCc2ccco2)cc1. The quantitative estimate of drug-likeness (QED) is 0.620. The number of amides is 1. The summed E-state index contributed by atoms with van der Waals surface area (Å²) >= 11 is 0. The van der Waals surface area contributed by atoms with Crippen LogP contribution in [0.3, 0.4) is 0 Å². The molecule has 0 unspecified atom stereocenters. The Morgan fingerprint density at radius 2 is 1.78 bits per heavy atom. The second-order valence-corrected chi connectivity index (χ2v) is 5.97. The molecular formula is C21H20N2O4. The van der Waals surface area contributed by atoms with E-state index in [0.717, 1.165) is 11.3 Å². The Hall–Kier alpha value is -3.54. The fourth-order valence-electron chi connectivity index (χ4n) is 2.45. The molecule has 1 aromatic heterocycles. The maximum absolute atomic E-state index is 12.4. The molecule has 6 nitrogen and oxygen atoms in total. The van der Waals surface area contributed by atoms with Crippen LogP contribution in [-0.2, 0) is 16.1 Å². The summed E-state index contributed by atoms with van der Waals surface area (Å²) in [6.07, 6.45) is 1.59. The van der Waals surface area contributed by atoms with Gasteiger partial charge in [0.25, 0.3) is 5.91 Å². The Morgan fingerprint density at radius 3 is 2.52 bits per heavy atom. The first-order valence-corrected chi connectivity index (χ1v) is 8.51. The van der Waals surface area contributed by atoms with E-state index >= 15 is 0 Å². The Morgan fingerprint density at radius 1 is 1.00 bits per heavy atom. The highest BCUT2D eigenvalue weighted by Crippen LogP contribution is 2.17. The molecule has 0 atom stereocenters. The fraction of sp³-hybridized carbons (Fsp3) is 0.143. The minimum atomic E-state index is -0.573. The predicted molar refractivity (Wildman–Crippen MR) is 103 cm³/mol. The minimum Gasteiger partial charge on any atom is -0.467 e. The summed E-state index contributed by atoms with van der Waals surface area (Å²) in [5.74, 6) is -0.222. The number of rotatable bonds is 7. The van der Waals surface area contributed by atoms with Crippen LogP contribution in [0.1, 0.15) is 21.7 Å². The third-order valence-electron chi connectivity index (χ3n) is 3.85. The number of furan rings is 1. The molecule has 0 spiro atoms. The van der Waals surface area contributed by atoms with Gasteiger partial charge in [-0.1, -0.05) is 29.8 Å². The molecule has 0 saturated carbocycles. The molecule has 1 heterocycles. The van der Waals surface area contributed by atoms with Crippen LogP contribution in [-0.4, -0.2) is 18.5 Å². The van der Waals surface area contributed by atoms with E-state index in [2.05, 4.69) is 10.6 Å². The molecule has 0 fully saturated rings. The molecule has 0 radical (unpaired) electrons. The molecule has 138 valence electrons. The smallest absolute Gasteiger partial charge is 0.340 e. The maximum atomic E-state index is 12.4.